The van der Waals surface area contributed by atoms with Gasteiger partial charge in [0.25, 0.3) is 0 Å². The maximum Gasteiger partial charge on any atom is 0.471 e. The van der Waals surface area contributed by atoms with Gasteiger partial charge < -0.3 is 25.5 Å². The zero-order valence-corrected chi connectivity index (χ0v) is 21.5. The summed E-state index contributed by atoms with van der Waals surface area (Å²) in [4.78, 5) is 66.1. The summed E-state index contributed by atoms with van der Waals surface area (Å²) >= 11 is 0. The number of carbonyl (C=O) groups is 5. The van der Waals surface area contributed by atoms with Gasteiger partial charge in [-0.05, 0) is 38.0 Å². The standard InChI is InChI=1S/C24H37F3N4O6/c1-4-11-31(22(37)23(9-5-6-10-23)29-21(36)24(25,26)27)18(15(2)3)19(34)28-16(14-17(32)33)20(35)30-12-7-8-13-30/h15-16,18H,4-14H2,1-3H3,(H,28,34)(H,29,36)(H,32,33)/t16-,18?/m0/s1. The van der Waals surface area contributed by atoms with Crippen LogP contribution >= 0.6 is 0 Å². The molecule has 2 fully saturated rings. The molecule has 1 heterocycles. The number of hydrogen-bond acceptors (Lipinski definition) is 5. The molecular weight excluding hydrogens is 497 g/mol. The summed E-state index contributed by atoms with van der Waals surface area (Å²) in [7, 11) is 0. The van der Waals surface area contributed by atoms with Crippen molar-refractivity contribution in [3.8, 4) is 0 Å². The number of rotatable bonds is 11. The molecule has 1 aliphatic carbocycles. The van der Waals surface area contributed by atoms with Crippen molar-refractivity contribution < 1.29 is 42.3 Å². The Morgan fingerprint density at radius 1 is 1.03 bits per heavy atom. The molecule has 1 unspecified atom stereocenters. The van der Waals surface area contributed by atoms with Crippen LogP contribution in [0.1, 0.15) is 72.1 Å². The largest absolute Gasteiger partial charge is 0.481 e. The van der Waals surface area contributed by atoms with Gasteiger partial charge in [0.15, 0.2) is 0 Å². The molecule has 210 valence electrons. The van der Waals surface area contributed by atoms with Crippen LogP contribution in [0.2, 0.25) is 0 Å². The number of likely N-dealkylation sites (tertiary alicyclic amines) is 1. The van der Waals surface area contributed by atoms with Crippen molar-refractivity contribution in [2.75, 3.05) is 19.6 Å². The van der Waals surface area contributed by atoms with Gasteiger partial charge in [-0.25, -0.2) is 0 Å². The molecule has 2 rings (SSSR count). The number of halogens is 3. The van der Waals surface area contributed by atoms with E-state index in [4.69, 9.17) is 0 Å². The summed E-state index contributed by atoms with van der Waals surface area (Å²) in [6.07, 6.45) is -3.10. The van der Waals surface area contributed by atoms with Crippen LogP contribution in [0.25, 0.3) is 0 Å². The highest BCUT2D eigenvalue weighted by molar-refractivity contribution is 5.97. The van der Waals surface area contributed by atoms with Crippen LogP contribution in [0, 0.1) is 5.92 Å². The van der Waals surface area contributed by atoms with Crippen molar-refractivity contribution in [1.29, 1.82) is 0 Å². The van der Waals surface area contributed by atoms with Crippen molar-refractivity contribution in [3.05, 3.63) is 0 Å². The van der Waals surface area contributed by atoms with Gasteiger partial charge in [0.1, 0.15) is 17.6 Å². The Balaban J connectivity index is 2.36. The van der Waals surface area contributed by atoms with Crippen molar-refractivity contribution in [1.82, 2.24) is 20.4 Å². The molecule has 3 N–H and O–H groups in total. The fourth-order valence-corrected chi connectivity index (χ4v) is 5.14. The summed E-state index contributed by atoms with van der Waals surface area (Å²) in [5.74, 6) is -6.14. The molecule has 0 aromatic rings. The van der Waals surface area contributed by atoms with Crippen LogP contribution < -0.4 is 10.6 Å². The minimum Gasteiger partial charge on any atom is -0.481 e. The summed E-state index contributed by atoms with van der Waals surface area (Å²) in [5, 5.41) is 13.7. The Kier molecular flexibility index (Phi) is 10.3. The lowest BCUT2D eigenvalue weighted by molar-refractivity contribution is -0.177. The molecule has 1 saturated heterocycles. The summed E-state index contributed by atoms with van der Waals surface area (Å²) in [6, 6.07) is -2.55. The van der Waals surface area contributed by atoms with Gasteiger partial charge in [0.2, 0.25) is 17.7 Å². The third kappa shape index (κ3) is 7.57. The average Bonchev–Trinajstić information content (AvgIpc) is 3.49. The monoisotopic (exact) mass is 534 g/mol. The summed E-state index contributed by atoms with van der Waals surface area (Å²) < 4.78 is 39.2. The fraction of sp³-hybridized carbons (Fsp3) is 0.792. The number of carbonyl (C=O) groups excluding carboxylic acids is 4. The Hall–Kier alpha value is -2.86. The van der Waals surface area contributed by atoms with E-state index in [0.717, 1.165) is 12.8 Å². The van der Waals surface area contributed by atoms with Gasteiger partial charge in [-0.1, -0.05) is 33.6 Å². The highest BCUT2D eigenvalue weighted by atomic mass is 19.4. The van der Waals surface area contributed by atoms with E-state index in [1.54, 1.807) is 20.8 Å². The minimum atomic E-state index is -5.18. The number of aliphatic carboxylic acids is 1. The molecule has 13 heteroatoms. The summed E-state index contributed by atoms with van der Waals surface area (Å²) in [6.45, 7) is 5.92. The number of nitrogens with one attached hydrogen (secondary N) is 2. The van der Waals surface area contributed by atoms with Crippen molar-refractivity contribution in [3.63, 3.8) is 0 Å². The second-order valence-electron chi connectivity index (χ2n) is 10.1. The molecule has 1 saturated carbocycles. The first kappa shape index (κ1) is 30.4. The number of nitrogens with zero attached hydrogens (tertiary/aromatic N) is 2. The van der Waals surface area contributed by atoms with E-state index >= 15 is 0 Å². The number of alkyl halides is 3. The van der Waals surface area contributed by atoms with Gasteiger partial charge in [0.05, 0.1) is 6.42 Å². The predicted molar refractivity (Wildman–Crippen MR) is 126 cm³/mol. The lowest BCUT2D eigenvalue weighted by Gasteiger charge is -2.40. The smallest absolute Gasteiger partial charge is 0.471 e. The predicted octanol–water partition coefficient (Wildman–Crippen LogP) is 1.82. The van der Waals surface area contributed by atoms with Gasteiger partial charge in [-0.3, -0.25) is 24.0 Å². The second kappa shape index (κ2) is 12.6. The normalized spacial score (nSPS) is 18.8. The van der Waals surface area contributed by atoms with Crippen molar-refractivity contribution >= 4 is 29.6 Å². The summed E-state index contributed by atoms with van der Waals surface area (Å²) in [5.41, 5.74) is -1.80. The third-order valence-corrected chi connectivity index (χ3v) is 6.85. The highest BCUT2D eigenvalue weighted by Gasteiger charge is 2.51. The van der Waals surface area contributed by atoms with Gasteiger partial charge in [0, 0.05) is 19.6 Å². The Bertz CT molecular complexity index is 867. The van der Waals surface area contributed by atoms with Crippen LogP contribution in [0.5, 0.6) is 0 Å². The molecule has 0 radical (unpaired) electrons. The first-order chi connectivity index (χ1) is 17.2. The van der Waals surface area contributed by atoms with E-state index in [0.29, 0.717) is 32.4 Å². The Morgan fingerprint density at radius 3 is 2.05 bits per heavy atom. The van der Waals surface area contributed by atoms with Crippen LogP contribution in [-0.4, -0.2) is 87.9 Å². The van der Waals surface area contributed by atoms with Crippen molar-refractivity contribution in [2.24, 2.45) is 5.92 Å². The fourth-order valence-electron chi connectivity index (χ4n) is 5.14. The molecule has 0 bridgehead atoms. The van der Waals surface area contributed by atoms with Crippen LogP contribution in [0.15, 0.2) is 0 Å². The van der Waals surface area contributed by atoms with E-state index in [2.05, 4.69) is 5.32 Å². The molecule has 2 aliphatic rings. The van der Waals surface area contributed by atoms with E-state index in [1.807, 2.05) is 5.32 Å². The Labute approximate surface area is 214 Å². The van der Waals surface area contributed by atoms with Crippen molar-refractivity contribution in [2.45, 2.75) is 95.9 Å². The van der Waals surface area contributed by atoms with E-state index in [-0.39, 0.29) is 19.4 Å². The zero-order valence-electron chi connectivity index (χ0n) is 21.5. The van der Waals surface area contributed by atoms with E-state index < -0.39 is 65.7 Å². The zero-order chi connectivity index (χ0) is 28.0. The number of carboxylic acid groups (broad SMARTS) is 1. The second-order valence-corrected chi connectivity index (χ2v) is 10.1. The lowest BCUT2D eigenvalue weighted by atomic mass is 9.91. The number of carboxylic acids is 1. The topological polar surface area (TPSA) is 136 Å². The molecule has 2 atom stereocenters. The Morgan fingerprint density at radius 2 is 1.59 bits per heavy atom. The number of amides is 4. The van der Waals surface area contributed by atoms with Gasteiger partial charge in [-0.15, -0.1) is 0 Å². The maximum absolute atomic E-state index is 13.8. The molecule has 0 spiro atoms. The molecule has 10 nitrogen and oxygen atoms in total. The highest BCUT2D eigenvalue weighted by Crippen LogP contribution is 2.34. The quantitative estimate of drug-likeness (QED) is 0.370. The first-order valence-corrected chi connectivity index (χ1v) is 12.7. The molecular formula is C24H37F3N4O6. The van der Waals surface area contributed by atoms with Gasteiger partial charge in [-0.2, -0.15) is 13.2 Å². The maximum atomic E-state index is 13.8. The van der Waals surface area contributed by atoms with Crippen LogP contribution in [-0.2, 0) is 24.0 Å². The number of hydrogen-bond donors (Lipinski definition) is 3. The van der Waals surface area contributed by atoms with Gasteiger partial charge >= 0.3 is 18.1 Å². The average molecular weight is 535 g/mol. The molecule has 1 aliphatic heterocycles. The first-order valence-electron chi connectivity index (χ1n) is 12.7. The van der Waals surface area contributed by atoms with E-state index in [1.165, 1.54) is 9.80 Å². The third-order valence-electron chi connectivity index (χ3n) is 6.85. The van der Waals surface area contributed by atoms with E-state index in [9.17, 15) is 42.3 Å². The molecule has 0 aromatic carbocycles. The molecule has 4 amide bonds. The minimum absolute atomic E-state index is 0.00458. The lowest BCUT2D eigenvalue weighted by Crippen LogP contribution is -2.65. The van der Waals surface area contributed by atoms with Crippen LogP contribution in [0.4, 0.5) is 13.2 Å². The molecule has 0 aromatic heterocycles. The van der Waals surface area contributed by atoms with Crippen LogP contribution in [0.3, 0.4) is 0 Å². The molecule has 37 heavy (non-hydrogen) atoms. The SMILES string of the molecule is CCCN(C(=O)C1(NC(=O)C(F)(F)F)CCCC1)C(C(=O)N[C@@H](CC(=O)O)C(=O)N1CCCC1)C(C)C.